The third-order valence-electron chi connectivity index (χ3n) is 1.59. The van der Waals surface area contributed by atoms with Gasteiger partial charge in [-0.25, -0.2) is 22.2 Å². The number of aromatic nitrogens is 1. The number of alkyl halides is 2. The maximum Gasteiger partial charge on any atom is 0.266 e. The smallest absolute Gasteiger partial charge is 0.243 e. The lowest BCUT2D eigenvalue weighted by molar-refractivity contribution is 0.146. The lowest BCUT2D eigenvalue weighted by Crippen LogP contribution is -2.06. The Balaban J connectivity index is 3.79. The van der Waals surface area contributed by atoms with Gasteiger partial charge in [-0.05, 0) is 22.6 Å². The number of hydrogen-bond donors (Lipinski definition) is 0. The molecular formula is C7H2ClF2IN2O2S. The predicted molar refractivity (Wildman–Crippen MR) is 59.7 cm³/mol. The van der Waals surface area contributed by atoms with Crippen LogP contribution in [0.15, 0.2) is 11.1 Å². The lowest BCUT2D eigenvalue weighted by Gasteiger charge is -2.08. The van der Waals surface area contributed by atoms with E-state index >= 15 is 0 Å². The molecule has 0 aliphatic rings. The molecule has 9 heteroatoms. The van der Waals surface area contributed by atoms with Crippen molar-refractivity contribution < 1.29 is 17.2 Å². The van der Waals surface area contributed by atoms with Crippen molar-refractivity contribution in [2.45, 2.75) is 11.3 Å². The lowest BCUT2D eigenvalue weighted by atomic mass is 10.2. The zero-order valence-electron chi connectivity index (χ0n) is 7.29. The molecule has 0 spiro atoms. The van der Waals surface area contributed by atoms with Crippen molar-refractivity contribution in [1.29, 1.82) is 5.26 Å². The first kappa shape index (κ1) is 13.5. The molecule has 1 aromatic rings. The summed E-state index contributed by atoms with van der Waals surface area (Å²) in [4.78, 5) is 2.52. The summed E-state index contributed by atoms with van der Waals surface area (Å²) >= 11 is 1.50. The minimum absolute atomic E-state index is 0.0641. The molecule has 0 aliphatic carbocycles. The van der Waals surface area contributed by atoms with Crippen molar-refractivity contribution in [3.05, 3.63) is 21.0 Å². The number of halogens is 4. The summed E-state index contributed by atoms with van der Waals surface area (Å²) in [5, 5.41) is 8.60. The Morgan fingerprint density at radius 2 is 2.12 bits per heavy atom. The Morgan fingerprint density at radius 1 is 1.56 bits per heavy atom. The number of nitrogens with zero attached hydrogens (tertiary/aromatic N) is 2. The van der Waals surface area contributed by atoms with Crippen molar-refractivity contribution in [2.75, 3.05) is 0 Å². The summed E-state index contributed by atoms with van der Waals surface area (Å²) in [6.07, 6.45) is -2.06. The van der Waals surface area contributed by atoms with Gasteiger partial charge in [0.1, 0.15) is 11.0 Å². The Bertz CT molecular complexity index is 570. The van der Waals surface area contributed by atoms with Crippen LogP contribution in [0.4, 0.5) is 8.78 Å². The molecule has 0 saturated carbocycles. The second-order valence-corrected chi connectivity index (χ2v) is 6.21. The standard InChI is InChI=1S/C7H2ClF2IN2O2S/c8-16(14,15)6-4(1-12)13-2-3(11)5(6)7(9)10/h2,7H. The fourth-order valence-corrected chi connectivity index (χ4v) is 3.10. The van der Waals surface area contributed by atoms with Gasteiger partial charge in [0.2, 0.25) is 0 Å². The van der Waals surface area contributed by atoms with E-state index in [0.717, 1.165) is 6.20 Å². The quantitative estimate of drug-likeness (QED) is 0.585. The van der Waals surface area contributed by atoms with Crippen molar-refractivity contribution in [3.63, 3.8) is 0 Å². The average molecular weight is 379 g/mol. The second-order valence-electron chi connectivity index (χ2n) is 2.55. The Labute approximate surface area is 108 Å². The Morgan fingerprint density at radius 3 is 2.50 bits per heavy atom. The summed E-state index contributed by atoms with van der Waals surface area (Å²) in [5.41, 5.74) is -1.42. The number of rotatable bonds is 2. The minimum Gasteiger partial charge on any atom is -0.243 e. The van der Waals surface area contributed by atoms with Crippen LogP contribution in [0.25, 0.3) is 0 Å². The molecule has 0 saturated heterocycles. The molecule has 0 fully saturated rings. The van der Waals surface area contributed by atoms with Crippen LogP contribution in [0.5, 0.6) is 0 Å². The highest BCUT2D eigenvalue weighted by Gasteiger charge is 2.29. The summed E-state index contributed by atoms with van der Waals surface area (Å²) in [5.74, 6) is 0. The normalized spacial score (nSPS) is 11.5. The van der Waals surface area contributed by atoms with Crippen LogP contribution in [0, 0.1) is 14.9 Å². The van der Waals surface area contributed by atoms with E-state index in [1.807, 2.05) is 0 Å². The molecule has 0 N–H and O–H groups in total. The number of nitriles is 1. The van der Waals surface area contributed by atoms with Crippen LogP contribution in [0.3, 0.4) is 0 Å². The highest BCUT2D eigenvalue weighted by molar-refractivity contribution is 14.1. The van der Waals surface area contributed by atoms with Gasteiger partial charge in [0, 0.05) is 20.4 Å². The largest absolute Gasteiger partial charge is 0.266 e. The Kier molecular flexibility index (Phi) is 4.03. The van der Waals surface area contributed by atoms with Crippen LogP contribution in [-0.2, 0) is 9.05 Å². The van der Waals surface area contributed by atoms with Gasteiger partial charge in [0.25, 0.3) is 15.5 Å². The third-order valence-corrected chi connectivity index (χ3v) is 3.82. The minimum atomic E-state index is -4.44. The van der Waals surface area contributed by atoms with Gasteiger partial charge in [0.05, 0.1) is 5.56 Å². The Hall–Kier alpha value is -0.530. The van der Waals surface area contributed by atoms with Crippen LogP contribution in [0.1, 0.15) is 17.7 Å². The molecule has 0 amide bonds. The van der Waals surface area contributed by atoms with Crippen molar-refractivity contribution in [1.82, 2.24) is 4.98 Å². The monoisotopic (exact) mass is 378 g/mol. The van der Waals surface area contributed by atoms with E-state index in [4.69, 9.17) is 15.9 Å². The van der Waals surface area contributed by atoms with Gasteiger partial charge >= 0.3 is 0 Å². The zero-order chi connectivity index (χ0) is 12.5. The molecule has 0 aromatic carbocycles. The zero-order valence-corrected chi connectivity index (χ0v) is 11.0. The van der Waals surface area contributed by atoms with E-state index < -0.39 is 31.6 Å². The van der Waals surface area contributed by atoms with Crippen molar-refractivity contribution in [3.8, 4) is 6.07 Å². The SMILES string of the molecule is N#Cc1ncc(I)c(C(F)F)c1S(=O)(=O)Cl. The van der Waals surface area contributed by atoms with Crippen LogP contribution < -0.4 is 0 Å². The summed E-state index contributed by atoms with van der Waals surface area (Å²) in [6.45, 7) is 0. The van der Waals surface area contributed by atoms with Gasteiger partial charge in [-0.1, -0.05) is 0 Å². The maximum atomic E-state index is 12.7. The van der Waals surface area contributed by atoms with E-state index in [9.17, 15) is 17.2 Å². The van der Waals surface area contributed by atoms with Crippen LogP contribution >= 0.6 is 33.3 Å². The van der Waals surface area contributed by atoms with E-state index in [-0.39, 0.29) is 3.57 Å². The topological polar surface area (TPSA) is 70.8 Å². The highest BCUT2D eigenvalue weighted by atomic mass is 127. The average Bonchev–Trinajstić information content (AvgIpc) is 2.15. The molecular weight excluding hydrogens is 377 g/mol. The molecule has 1 rings (SSSR count). The van der Waals surface area contributed by atoms with Crippen molar-refractivity contribution in [2.24, 2.45) is 0 Å². The van der Waals surface area contributed by atoms with Gasteiger partial charge in [-0.2, -0.15) is 5.26 Å². The molecule has 86 valence electrons. The molecule has 4 nitrogen and oxygen atoms in total. The first-order chi connectivity index (χ1) is 7.29. The number of pyridine rings is 1. The summed E-state index contributed by atoms with van der Waals surface area (Å²) < 4.78 is 47.5. The highest BCUT2D eigenvalue weighted by Crippen LogP contribution is 2.33. The molecule has 16 heavy (non-hydrogen) atoms. The van der Waals surface area contributed by atoms with Gasteiger partial charge in [0.15, 0.2) is 5.69 Å². The number of hydrogen-bond acceptors (Lipinski definition) is 4. The first-order valence-corrected chi connectivity index (χ1v) is 6.99. The van der Waals surface area contributed by atoms with Crippen molar-refractivity contribution >= 4 is 42.3 Å². The fraction of sp³-hybridized carbons (Fsp3) is 0.143. The first-order valence-electron chi connectivity index (χ1n) is 3.60. The van der Waals surface area contributed by atoms with Gasteiger partial charge < -0.3 is 0 Å². The molecule has 1 aromatic heterocycles. The second kappa shape index (κ2) is 4.77. The maximum absolute atomic E-state index is 12.7. The van der Waals surface area contributed by atoms with E-state index in [1.165, 1.54) is 28.7 Å². The van der Waals surface area contributed by atoms with Gasteiger partial charge in [-0.15, -0.1) is 0 Å². The summed E-state index contributed by atoms with van der Waals surface area (Å²) in [6, 6.07) is 1.41. The van der Waals surface area contributed by atoms with E-state index in [1.54, 1.807) is 0 Å². The van der Waals surface area contributed by atoms with E-state index in [2.05, 4.69) is 4.98 Å². The molecule has 0 radical (unpaired) electrons. The molecule has 0 bridgehead atoms. The van der Waals surface area contributed by atoms with E-state index in [0.29, 0.717) is 0 Å². The van der Waals surface area contributed by atoms with Gasteiger partial charge in [-0.3, -0.25) is 0 Å². The molecule has 0 atom stereocenters. The molecule has 0 unspecified atom stereocenters. The molecule has 1 heterocycles. The predicted octanol–water partition coefficient (Wildman–Crippen LogP) is 2.42. The molecule has 0 aliphatic heterocycles. The fourth-order valence-electron chi connectivity index (χ4n) is 1.02. The summed E-state index contributed by atoms with van der Waals surface area (Å²) in [7, 11) is 0.567. The van der Waals surface area contributed by atoms with Crippen LogP contribution in [0.2, 0.25) is 0 Å². The van der Waals surface area contributed by atoms with Crippen LogP contribution in [-0.4, -0.2) is 13.4 Å². The third kappa shape index (κ3) is 2.58.